The SMILES string of the molecule is CN1CN(c2cc(Oc3ccc4c5ccccc5n(-c5cc(-n6c7c(-c8ccccc8)cccc7c7cccc(-c8ccccc8)c76)ccn5)c4c3)cc(C(C)(C)C)c2)c2ncccc21. The molecule has 0 fully saturated rings. The lowest BCUT2D eigenvalue weighted by atomic mass is 9.86. The quantitative estimate of drug-likeness (QED) is 0.160. The number of benzene rings is 7. The molecule has 7 heteroatoms. The molecule has 314 valence electrons. The zero-order chi connectivity index (χ0) is 43.8. The first-order valence-electron chi connectivity index (χ1n) is 22.2. The highest BCUT2D eigenvalue weighted by Crippen LogP contribution is 2.44. The Balaban J connectivity index is 1.04. The van der Waals surface area contributed by atoms with Crippen LogP contribution >= 0.6 is 0 Å². The Labute approximate surface area is 378 Å². The molecule has 0 atom stereocenters. The van der Waals surface area contributed by atoms with E-state index in [1.165, 1.54) is 38.6 Å². The Bertz CT molecular complexity index is 3520. The highest BCUT2D eigenvalue weighted by atomic mass is 16.5. The molecule has 0 amide bonds. The minimum atomic E-state index is -0.111. The second-order valence-corrected chi connectivity index (χ2v) is 18.1. The fraction of sp³-hybridized carbons (Fsp3) is 0.103. The fourth-order valence-corrected chi connectivity index (χ4v) is 9.83. The summed E-state index contributed by atoms with van der Waals surface area (Å²) >= 11 is 0. The van der Waals surface area contributed by atoms with Crippen LogP contribution in [-0.2, 0) is 5.41 Å². The molecule has 0 N–H and O–H groups in total. The van der Waals surface area contributed by atoms with E-state index in [1.807, 2.05) is 18.5 Å². The Morgan fingerprint density at radius 2 is 1.15 bits per heavy atom. The molecule has 11 aromatic rings. The minimum Gasteiger partial charge on any atom is -0.457 e. The first kappa shape index (κ1) is 38.5. The highest BCUT2D eigenvalue weighted by Gasteiger charge is 2.28. The molecule has 0 unspecified atom stereocenters. The number of para-hydroxylation sites is 3. The molecule has 0 saturated heterocycles. The zero-order valence-corrected chi connectivity index (χ0v) is 36.8. The second-order valence-electron chi connectivity index (χ2n) is 18.1. The summed E-state index contributed by atoms with van der Waals surface area (Å²) in [6.07, 6.45) is 3.81. The predicted octanol–water partition coefficient (Wildman–Crippen LogP) is 14.6. The molecule has 0 saturated carbocycles. The van der Waals surface area contributed by atoms with Crippen LogP contribution in [0.15, 0.2) is 194 Å². The van der Waals surface area contributed by atoms with Gasteiger partial charge in [-0.2, -0.15) is 0 Å². The number of aromatic nitrogens is 4. The number of fused-ring (bicyclic) bond motifs is 7. The summed E-state index contributed by atoms with van der Waals surface area (Å²) in [5, 5.41) is 4.68. The van der Waals surface area contributed by atoms with Crippen LogP contribution in [0.2, 0.25) is 0 Å². The standard InChI is InChI=1S/C58H46N6O/c1-58(2,3)40-32-42(62-37-61(4)52-26-15-30-60-57(52)62)34-44(33-40)65-43-27-28-48-47-20-11-12-25-51(47)64(53(48)36-43)54-35-41(29-31-59-54)63-55-45(38-16-7-5-8-17-38)21-13-23-49(55)50-24-14-22-46(56(50)63)39-18-9-6-10-19-39/h5-36H,37H2,1-4H3. The Hall–Kier alpha value is -8.16. The first-order valence-corrected chi connectivity index (χ1v) is 22.2. The summed E-state index contributed by atoms with van der Waals surface area (Å²) in [4.78, 5) is 14.4. The Morgan fingerprint density at radius 3 is 1.86 bits per heavy atom. The highest BCUT2D eigenvalue weighted by molar-refractivity contribution is 6.17. The van der Waals surface area contributed by atoms with Crippen molar-refractivity contribution >= 4 is 60.8 Å². The predicted molar refractivity (Wildman–Crippen MR) is 269 cm³/mol. The van der Waals surface area contributed by atoms with E-state index in [2.05, 4.69) is 223 Å². The van der Waals surface area contributed by atoms with Crippen LogP contribution < -0.4 is 14.5 Å². The molecule has 0 radical (unpaired) electrons. The number of nitrogens with zero attached hydrogens (tertiary/aromatic N) is 6. The molecule has 7 aromatic carbocycles. The summed E-state index contributed by atoms with van der Waals surface area (Å²) in [6.45, 7) is 7.43. The molecular formula is C58H46N6O. The number of anilines is 3. The van der Waals surface area contributed by atoms with Crippen molar-refractivity contribution in [1.82, 2.24) is 19.1 Å². The number of ether oxygens (including phenoxy) is 1. The van der Waals surface area contributed by atoms with Crippen molar-refractivity contribution in [2.24, 2.45) is 0 Å². The van der Waals surface area contributed by atoms with E-state index in [0.29, 0.717) is 6.67 Å². The van der Waals surface area contributed by atoms with E-state index in [0.717, 1.165) is 73.0 Å². The van der Waals surface area contributed by atoms with Gasteiger partial charge in [-0.3, -0.25) is 4.57 Å². The normalized spacial score (nSPS) is 12.8. The maximum absolute atomic E-state index is 6.92. The van der Waals surface area contributed by atoms with Crippen molar-refractivity contribution in [3.8, 4) is 45.3 Å². The third kappa shape index (κ3) is 6.42. The largest absolute Gasteiger partial charge is 0.457 e. The monoisotopic (exact) mass is 842 g/mol. The third-order valence-electron chi connectivity index (χ3n) is 12.9. The lowest BCUT2D eigenvalue weighted by Crippen LogP contribution is -2.24. The van der Waals surface area contributed by atoms with Gasteiger partial charge in [-0.25, -0.2) is 9.97 Å². The lowest BCUT2D eigenvalue weighted by molar-refractivity contribution is 0.479. The van der Waals surface area contributed by atoms with Gasteiger partial charge in [0.25, 0.3) is 0 Å². The molecule has 12 rings (SSSR count). The van der Waals surface area contributed by atoms with E-state index in [4.69, 9.17) is 14.7 Å². The van der Waals surface area contributed by atoms with Gasteiger partial charge in [0.15, 0.2) is 5.82 Å². The van der Waals surface area contributed by atoms with Gasteiger partial charge in [0.2, 0.25) is 0 Å². The maximum Gasteiger partial charge on any atom is 0.158 e. The number of hydrogen-bond donors (Lipinski definition) is 0. The van der Waals surface area contributed by atoms with Crippen molar-refractivity contribution in [3.05, 3.63) is 200 Å². The molecule has 0 spiro atoms. The first-order chi connectivity index (χ1) is 31.8. The van der Waals surface area contributed by atoms with Crippen molar-refractivity contribution in [2.45, 2.75) is 26.2 Å². The van der Waals surface area contributed by atoms with Crippen LogP contribution in [0, 0.1) is 0 Å². The summed E-state index contributed by atoms with van der Waals surface area (Å²) in [6, 6.07) is 64.9. The van der Waals surface area contributed by atoms with E-state index < -0.39 is 0 Å². The van der Waals surface area contributed by atoms with Gasteiger partial charge >= 0.3 is 0 Å². The van der Waals surface area contributed by atoms with E-state index in [1.54, 1.807) is 0 Å². The average Bonchev–Trinajstić information content (AvgIpc) is 3.99. The molecule has 5 heterocycles. The molecule has 7 nitrogen and oxygen atoms in total. The molecule has 1 aliphatic heterocycles. The molecule has 65 heavy (non-hydrogen) atoms. The summed E-state index contributed by atoms with van der Waals surface area (Å²) in [5.74, 6) is 3.28. The van der Waals surface area contributed by atoms with Gasteiger partial charge in [0.1, 0.15) is 17.3 Å². The lowest BCUT2D eigenvalue weighted by Gasteiger charge is -2.25. The van der Waals surface area contributed by atoms with Crippen LogP contribution in [0.1, 0.15) is 26.3 Å². The number of hydrogen-bond acceptors (Lipinski definition) is 5. The Kier molecular flexibility index (Phi) is 8.88. The maximum atomic E-state index is 6.92. The van der Waals surface area contributed by atoms with Gasteiger partial charge in [-0.15, -0.1) is 0 Å². The third-order valence-corrected chi connectivity index (χ3v) is 12.9. The molecule has 0 aliphatic carbocycles. The van der Waals surface area contributed by atoms with E-state index in [-0.39, 0.29) is 5.41 Å². The van der Waals surface area contributed by atoms with Crippen molar-refractivity contribution in [1.29, 1.82) is 0 Å². The van der Waals surface area contributed by atoms with Crippen molar-refractivity contribution in [2.75, 3.05) is 23.5 Å². The molecule has 4 aromatic heterocycles. The van der Waals surface area contributed by atoms with Gasteiger partial charge in [-0.1, -0.05) is 136 Å². The van der Waals surface area contributed by atoms with Crippen LogP contribution in [0.25, 0.3) is 77.4 Å². The van der Waals surface area contributed by atoms with Gasteiger partial charge in [-0.05, 0) is 70.6 Å². The van der Waals surface area contributed by atoms with Gasteiger partial charge in [0, 0.05) is 76.0 Å². The van der Waals surface area contributed by atoms with Crippen LogP contribution in [-0.4, -0.2) is 32.8 Å². The summed E-state index contributed by atoms with van der Waals surface area (Å²) < 4.78 is 11.7. The molecular weight excluding hydrogens is 797 g/mol. The molecule has 0 bridgehead atoms. The summed E-state index contributed by atoms with van der Waals surface area (Å²) in [7, 11) is 2.11. The fourth-order valence-electron chi connectivity index (χ4n) is 9.83. The second kappa shape index (κ2) is 15.0. The molecule has 1 aliphatic rings. The van der Waals surface area contributed by atoms with Crippen LogP contribution in [0.5, 0.6) is 11.5 Å². The average molecular weight is 843 g/mol. The van der Waals surface area contributed by atoms with Gasteiger partial charge in [0.05, 0.1) is 40.1 Å². The minimum absolute atomic E-state index is 0.111. The van der Waals surface area contributed by atoms with Crippen LogP contribution in [0.3, 0.4) is 0 Å². The van der Waals surface area contributed by atoms with Crippen molar-refractivity contribution < 1.29 is 4.74 Å². The van der Waals surface area contributed by atoms with Crippen LogP contribution in [0.4, 0.5) is 17.2 Å². The smallest absolute Gasteiger partial charge is 0.158 e. The number of pyridine rings is 2. The summed E-state index contributed by atoms with van der Waals surface area (Å²) in [5.41, 5.74) is 13.3. The van der Waals surface area contributed by atoms with Crippen molar-refractivity contribution in [3.63, 3.8) is 0 Å². The van der Waals surface area contributed by atoms with E-state index in [9.17, 15) is 0 Å². The van der Waals surface area contributed by atoms with Gasteiger partial charge < -0.3 is 19.1 Å². The van der Waals surface area contributed by atoms with E-state index >= 15 is 0 Å². The topological polar surface area (TPSA) is 51.4 Å². The zero-order valence-electron chi connectivity index (χ0n) is 36.8. The Morgan fingerprint density at radius 1 is 0.492 bits per heavy atom. The number of rotatable bonds is 7.